The minimum absolute atomic E-state index is 0.122. The molecule has 0 radical (unpaired) electrons. The summed E-state index contributed by atoms with van der Waals surface area (Å²) in [6.07, 6.45) is 2.13. The molecule has 0 aliphatic heterocycles. The molecule has 2 aromatic carbocycles. The zero-order chi connectivity index (χ0) is 21.5. The van der Waals surface area contributed by atoms with Crippen LogP contribution in [-0.4, -0.2) is 45.7 Å². The van der Waals surface area contributed by atoms with Gasteiger partial charge in [0.05, 0.1) is 23.4 Å². The molecule has 2 N–H and O–H groups in total. The normalized spacial score (nSPS) is 10.4. The lowest BCUT2D eigenvalue weighted by atomic mass is 10.1. The van der Waals surface area contributed by atoms with Crippen molar-refractivity contribution in [2.24, 2.45) is 0 Å². The Bertz CT molecular complexity index is 1040. The average molecular weight is 431 g/mol. The van der Waals surface area contributed by atoms with E-state index in [9.17, 15) is 9.59 Å². The Hall–Kier alpha value is -3.66. The smallest absolute Gasteiger partial charge is 0.276 e. The van der Waals surface area contributed by atoms with Gasteiger partial charge in [0.2, 0.25) is 0 Å². The summed E-state index contributed by atoms with van der Waals surface area (Å²) in [4.78, 5) is 24.6. The van der Waals surface area contributed by atoms with Gasteiger partial charge in [-0.3, -0.25) is 20.4 Å². The van der Waals surface area contributed by atoms with Gasteiger partial charge in [-0.1, -0.05) is 36.7 Å². The molecule has 11 heteroatoms. The van der Waals surface area contributed by atoms with Crippen LogP contribution in [0.4, 0.5) is 0 Å². The molecule has 10 nitrogen and oxygen atoms in total. The lowest BCUT2D eigenvalue weighted by Crippen LogP contribution is -2.44. The number of para-hydroxylation sites is 1. The van der Waals surface area contributed by atoms with Crippen molar-refractivity contribution < 1.29 is 19.1 Å². The second-order valence-electron chi connectivity index (χ2n) is 6.01. The third-order valence-electron chi connectivity index (χ3n) is 4.14. The van der Waals surface area contributed by atoms with E-state index in [1.165, 1.54) is 30.3 Å². The molecule has 2 amide bonds. The Kier molecular flexibility index (Phi) is 6.81. The fourth-order valence-corrected chi connectivity index (χ4v) is 2.90. The zero-order valence-corrected chi connectivity index (χ0v) is 17.0. The lowest BCUT2D eigenvalue weighted by Gasteiger charge is -2.13. The summed E-state index contributed by atoms with van der Waals surface area (Å²) in [7, 11) is 1.40. The molecule has 3 rings (SSSR count). The molecule has 1 aromatic heterocycles. The van der Waals surface area contributed by atoms with Crippen molar-refractivity contribution in [3.8, 4) is 17.2 Å². The van der Waals surface area contributed by atoms with E-state index in [-0.39, 0.29) is 22.9 Å². The molecule has 0 aliphatic carbocycles. The Labute approximate surface area is 177 Å². The number of hydrazine groups is 1. The van der Waals surface area contributed by atoms with E-state index in [0.29, 0.717) is 11.4 Å². The van der Waals surface area contributed by atoms with Crippen molar-refractivity contribution in [3.05, 3.63) is 58.9 Å². The molecule has 0 atom stereocenters. The van der Waals surface area contributed by atoms with Crippen LogP contribution in [0.5, 0.6) is 11.5 Å². The van der Waals surface area contributed by atoms with Crippen LogP contribution in [0.1, 0.15) is 22.8 Å². The molecular formula is C19H19ClN6O4. The summed E-state index contributed by atoms with van der Waals surface area (Å²) in [6.45, 7) is 1.74. The van der Waals surface area contributed by atoms with Gasteiger partial charge in [-0.15, -0.1) is 5.10 Å². The molecule has 0 bridgehead atoms. The Balaban J connectivity index is 1.63. The van der Waals surface area contributed by atoms with Gasteiger partial charge < -0.3 is 9.47 Å². The fraction of sp³-hybridized carbons (Fsp3) is 0.211. The molecule has 156 valence electrons. The molecule has 1 heterocycles. The van der Waals surface area contributed by atoms with Crippen LogP contribution < -0.4 is 20.3 Å². The number of benzene rings is 2. The van der Waals surface area contributed by atoms with Crippen LogP contribution in [0.3, 0.4) is 0 Å². The van der Waals surface area contributed by atoms with E-state index in [1.807, 2.05) is 25.1 Å². The van der Waals surface area contributed by atoms with Crippen molar-refractivity contribution in [2.75, 3.05) is 13.7 Å². The third-order valence-corrected chi connectivity index (χ3v) is 4.44. The second kappa shape index (κ2) is 9.70. The summed E-state index contributed by atoms with van der Waals surface area (Å²) in [5, 5.41) is 11.1. The minimum Gasteiger partial charge on any atom is -0.496 e. The SMILES string of the molecule is CCc1ccccc1OCC(=O)NNC(=O)c1cc(Cl)c(-n2cnnn2)cc1OC. The number of methoxy groups -OCH3 is 1. The number of rotatable bonds is 7. The summed E-state index contributed by atoms with van der Waals surface area (Å²) in [5.74, 6) is -0.290. The monoisotopic (exact) mass is 430 g/mol. The zero-order valence-electron chi connectivity index (χ0n) is 16.3. The van der Waals surface area contributed by atoms with Crippen LogP contribution in [0, 0.1) is 0 Å². The summed E-state index contributed by atoms with van der Waals surface area (Å²) >= 11 is 6.24. The number of tetrazole rings is 1. The Morgan fingerprint density at radius 2 is 1.97 bits per heavy atom. The van der Waals surface area contributed by atoms with Crippen molar-refractivity contribution in [3.63, 3.8) is 0 Å². The first kappa shape index (κ1) is 21.1. The first-order chi connectivity index (χ1) is 14.5. The molecule has 0 aliphatic rings. The molecule has 30 heavy (non-hydrogen) atoms. The summed E-state index contributed by atoms with van der Waals surface area (Å²) in [5.41, 5.74) is 6.15. The molecule has 0 fully saturated rings. The number of nitrogens with zero attached hydrogens (tertiary/aromatic N) is 4. The highest BCUT2D eigenvalue weighted by Gasteiger charge is 2.18. The van der Waals surface area contributed by atoms with Gasteiger partial charge in [0, 0.05) is 6.07 Å². The van der Waals surface area contributed by atoms with Gasteiger partial charge in [-0.05, 0) is 34.5 Å². The predicted octanol–water partition coefficient (Wildman–Crippen LogP) is 1.73. The van der Waals surface area contributed by atoms with Gasteiger partial charge >= 0.3 is 0 Å². The van der Waals surface area contributed by atoms with E-state index in [0.717, 1.165) is 12.0 Å². The average Bonchev–Trinajstić information content (AvgIpc) is 3.30. The molecule has 0 saturated carbocycles. The summed E-state index contributed by atoms with van der Waals surface area (Å²) in [6, 6.07) is 10.3. The van der Waals surface area contributed by atoms with E-state index >= 15 is 0 Å². The number of carbonyl (C=O) groups is 2. The van der Waals surface area contributed by atoms with Crippen LogP contribution in [0.15, 0.2) is 42.7 Å². The summed E-state index contributed by atoms with van der Waals surface area (Å²) < 4.78 is 12.1. The highest BCUT2D eigenvalue weighted by molar-refractivity contribution is 6.33. The highest BCUT2D eigenvalue weighted by atomic mass is 35.5. The molecular weight excluding hydrogens is 412 g/mol. The van der Waals surface area contributed by atoms with Crippen molar-refractivity contribution in [1.29, 1.82) is 0 Å². The number of hydrogen-bond acceptors (Lipinski definition) is 7. The van der Waals surface area contributed by atoms with E-state index in [1.54, 1.807) is 6.07 Å². The number of hydrogen-bond donors (Lipinski definition) is 2. The molecule has 0 unspecified atom stereocenters. The van der Waals surface area contributed by atoms with Crippen molar-refractivity contribution in [2.45, 2.75) is 13.3 Å². The number of amides is 2. The van der Waals surface area contributed by atoms with Crippen LogP contribution in [0.25, 0.3) is 5.69 Å². The maximum Gasteiger partial charge on any atom is 0.276 e. The largest absolute Gasteiger partial charge is 0.496 e. The van der Waals surface area contributed by atoms with Gasteiger partial charge in [0.1, 0.15) is 17.8 Å². The predicted molar refractivity (Wildman–Crippen MR) is 108 cm³/mol. The number of aromatic nitrogens is 4. The highest BCUT2D eigenvalue weighted by Crippen LogP contribution is 2.29. The minimum atomic E-state index is -0.612. The van der Waals surface area contributed by atoms with E-state index in [2.05, 4.69) is 26.4 Å². The van der Waals surface area contributed by atoms with Crippen LogP contribution >= 0.6 is 11.6 Å². The third kappa shape index (κ3) is 4.84. The molecule has 0 saturated heterocycles. The van der Waals surface area contributed by atoms with Gasteiger partial charge in [-0.2, -0.15) is 4.68 Å². The topological polar surface area (TPSA) is 120 Å². The number of nitrogens with one attached hydrogen (secondary N) is 2. The maximum absolute atomic E-state index is 12.5. The van der Waals surface area contributed by atoms with Crippen molar-refractivity contribution >= 4 is 23.4 Å². The van der Waals surface area contributed by atoms with Crippen molar-refractivity contribution in [1.82, 2.24) is 31.1 Å². The Morgan fingerprint density at radius 1 is 1.17 bits per heavy atom. The quantitative estimate of drug-likeness (QED) is 0.547. The lowest BCUT2D eigenvalue weighted by molar-refractivity contribution is -0.123. The number of halogens is 1. The van der Waals surface area contributed by atoms with Gasteiger partial charge in [0.25, 0.3) is 11.8 Å². The molecule has 3 aromatic rings. The molecule has 0 spiro atoms. The van der Waals surface area contributed by atoms with E-state index in [4.69, 9.17) is 21.1 Å². The fourth-order valence-electron chi connectivity index (χ4n) is 2.65. The van der Waals surface area contributed by atoms with E-state index < -0.39 is 11.8 Å². The standard InChI is InChI=1S/C19H19ClN6O4/c1-3-12-6-4-5-7-16(12)30-10-18(27)22-23-19(28)13-8-14(20)15(9-17(13)29-2)26-11-21-24-25-26/h4-9,11H,3,10H2,1-2H3,(H,22,27)(H,23,28). The van der Waals surface area contributed by atoms with Crippen LogP contribution in [0.2, 0.25) is 5.02 Å². The van der Waals surface area contributed by atoms with Gasteiger partial charge in [-0.25, -0.2) is 0 Å². The van der Waals surface area contributed by atoms with Gasteiger partial charge in [0.15, 0.2) is 6.61 Å². The Morgan fingerprint density at radius 3 is 2.67 bits per heavy atom. The first-order valence-corrected chi connectivity index (χ1v) is 9.32. The number of aryl methyl sites for hydroxylation is 1. The number of ether oxygens (including phenoxy) is 2. The first-order valence-electron chi connectivity index (χ1n) is 8.94. The maximum atomic E-state index is 12.5. The van der Waals surface area contributed by atoms with Crippen LogP contribution in [-0.2, 0) is 11.2 Å². The second-order valence-corrected chi connectivity index (χ2v) is 6.42. The number of carbonyl (C=O) groups excluding carboxylic acids is 2.